The first kappa shape index (κ1) is 11.2. The first-order valence-corrected chi connectivity index (χ1v) is 5.31. The minimum atomic E-state index is -0.719. The molecule has 0 saturated carbocycles. The van der Waals surface area contributed by atoms with E-state index in [1.807, 2.05) is 0 Å². The number of aromatic nitrogens is 3. The molecular formula is C8H7N5O3S. The molecule has 0 fully saturated rings. The molecule has 0 radical (unpaired) electrons. The molecule has 0 aliphatic carbocycles. The van der Waals surface area contributed by atoms with Crippen molar-refractivity contribution >= 4 is 28.2 Å². The number of primary amides is 1. The minimum Gasteiger partial charge on any atom is -0.364 e. The summed E-state index contributed by atoms with van der Waals surface area (Å²) in [4.78, 5) is 30.1. The van der Waals surface area contributed by atoms with Gasteiger partial charge in [-0.05, 0) is 6.92 Å². The first-order chi connectivity index (χ1) is 8.08. The molecule has 0 spiro atoms. The standard InChI is InChI=1S/C8H7N5O3S/c1-3-11-7(16-13-3)6(15)12-8-4(5(9)14)10-2-17-8/h2H,1H3,(H2,9,14)(H,12,15). The number of hydrogen-bond acceptors (Lipinski definition) is 7. The average molecular weight is 253 g/mol. The Bertz CT molecular complexity index is 575. The second-order valence-electron chi connectivity index (χ2n) is 3.00. The van der Waals surface area contributed by atoms with Crippen LogP contribution in [-0.2, 0) is 0 Å². The van der Waals surface area contributed by atoms with Gasteiger partial charge in [-0.3, -0.25) is 9.59 Å². The van der Waals surface area contributed by atoms with Crippen molar-refractivity contribution in [1.82, 2.24) is 15.1 Å². The SMILES string of the molecule is Cc1noc(C(=O)Nc2scnc2C(N)=O)n1. The van der Waals surface area contributed by atoms with E-state index in [9.17, 15) is 9.59 Å². The topological polar surface area (TPSA) is 124 Å². The molecule has 3 N–H and O–H groups in total. The lowest BCUT2D eigenvalue weighted by molar-refractivity contribution is 0.0982. The van der Waals surface area contributed by atoms with Gasteiger partial charge in [0.1, 0.15) is 5.00 Å². The van der Waals surface area contributed by atoms with Gasteiger partial charge < -0.3 is 15.6 Å². The number of rotatable bonds is 3. The van der Waals surface area contributed by atoms with Crippen LogP contribution in [0.5, 0.6) is 0 Å². The zero-order valence-electron chi connectivity index (χ0n) is 8.63. The second kappa shape index (κ2) is 4.29. The number of amides is 2. The van der Waals surface area contributed by atoms with Crippen LogP contribution in [0.15, 0.2) is 10.0 Å². The van der Waals surface area contributed by atoms with Crippen LogP contribution < -0.4 is 11.1 Å². The van der Waals surface area contributed by atoms with E-state index in [1.54, 1.807) is 6.92 Å². The zero-order valence-corrected chi connectivity index (χ0v) is 9.45. The Hall–Kier alpha value is -2.29. The molecule has 0 saturated heterocycles. The maximum absolute atomic E-state index is 11.6. The Morgan fingerprint density at radius 3 is 2.88 bits per heavy atom. The number of thiazole rings is 1. The van der Waals surface area contributed by atoms with E-state index in [4.69, 9.17) is 5.73 Å². The highest BCUT2D eigenvalue weighted by Crippen LogP contribution is 2.20. The highest BCUT2D eigenvalue weighted by molar-refractivity contribution is 7.14. The van der Waals surface area contributed by atoms with E-state index < -0.39 is 11.8 Å². The molecule has 88 valence electrons. The Kier molecular flexibility index (Phi) is 2.83. The van der Waals surface area contributed by atoms with Crippen LogP contribution in [0.1, 0.15) is 27.0 Å². The van der Waals surface area contributed by atoms with Gasteiger partial charge in [-0.25, -0.2) is 4.98 Å². The number of anilines is 1. The summed E-state index contributed by atoms with van der Waals surface area (Å²) in [6.45, 7) is 1.59. The van der Waals surface area contributed by atoms with E-state index >= 15 is 0 Å². The number of aryl methyl sites for hydroxylation is 1. The number of carbonyl (C=O) groups is 2. The fraction of sp³-hybridized carbons (Fsp3) is 0.125. The van der Waals surface area contributed by atoms with Crippen LogP contribution in [0.25, 0.3) is 0 Å². The average Bonchev–Trinajstić information content (AvgIpc) is 2.86. The largest absolute Gasteiger partial charge is 0.364 e. The number of hydrogen-bond donors (Lipinski definition) is 2. The highest BCUT2D eigenvalue weighted by Gasteiger charge is 2.18. The summed E-state index contributed by atoms with van der Waals surface area (Å²) in [6, 6.07) is 0. The first-order valence-electron chi connectivity index (χ1n) is 4.43. The van der Waals surface area contributed by atoms with Gasteiger partial charge >= 0.3 is 11.8 Å². The lowest BCUT2D eigenvalue weighted by Crippen LogP contribution is -2.17. The third kappa shape index (κ3) is 2.28. The summed E-state index contributed by atoms with van der Waals surface area (Å²) in [5.74, 6) is -1.18. The lowest BCUT2D eigenvalue weighted by Gasteiger charge is -1.98. The van der Waals surface area contributed by atoms with Crippen molar-refractivity contribution in [3.63, 3.8) is 0 Å². The van der Waals surface area contributed by atoms with Gasteiger partial charge in [-0.1, -0.05) is 5.16 Å². The van der Waals surface area contributed by atoms with Crippen LogP contribution in [-0.4, -0.2) is 26.9 Å². The van der Waals surface area contributed by atoms with Crippen molar-refractivity contribution in [2.45, 2.75) is 6.92 Å². The maximum Gasteiger partial charge on any atom is 0.316 e. The maximum atomic E-state index is 11.6. The number of nitrogens with two attached hydrogens (primary N) is 1. The smallest absolute Gasteiger partial charge is 0.316 e. The van der Waals surface area contributed by atoms with Crippen LogP contribution in [0.2, 0.25) is 0 Å². The molecular weight excluding hydrogens is 246 g/mol. The Labute approximate surface area is 98.8 Å². The molecule has 0 atom stereocenters. The molecule has 0 unspecified atom stereocenters. The molecule has 0 bridgehead atoms. The second-order valence-corrected chi connectivity index (χ2v) is 3.85. The van der Waals surface area contributed by atoms with E-state index in [2.05, 4.69) is 25.0 Å². The number of nitrogens with zero attached hydrogens (tertiary/aromatic N) is 3. The van der Waals surface area contributed by atoms with Crippen molar-refractivity contribution in [1.29, 1.82) is 0 Å². The predicted molar refractivity (Wildman–Crippen MR) is 57.6 cm³/mol. The van der Waals surface area contributed by atoms with Crippen LogP contribution >= 0.6 is 11.3 Å². The molecule has 9 heteroatoms. The summed E-state index contributed by atoms with van der Waals surface area (Å²) < 4.78 is 4.67. The van der Waals surface area contributed by atoms with E-state index in [0.29, 0.717) is 5.82 Å². The van der Waals surface area contributed by atoms with Gasteiger partial charge in [0, 0.05) is 0 Å². The van der Waals surface area contributed by atoms with Gasteiger partial charge in [-0.2, -0.15) is 4.98 Å². The molecule has 17 heavy (non-hydrogen) atoms. The summed E-state index contributed by atoms with van der Waals surface area (Å²) in [6.07, 6.45) is 0. The summed E-state index contributed by atoms with van der Waals surface area (Å²) in [5, 5.41) is 6.14. The van der Waals surface area contributed by atoms with Gasteiger partial charge in [0.05, 0.1) is 5.51 Å². The zero-order chi connectivity index (χ0) is 12.4. The quantitative estimate of drug-likeness (QED) is 0.804. The molecule has 2 aromatic heterocycles. The van der Waals surface area contributed by atoms with Crippen molar-refractivity contribution in [3.05, 3.63) is 22.9 Å². The third-order valence-corrected chi connectivity index (χ3v) is 2.49. The molecule has 8 nitrogen and oxygen atoms in total. The van der Waals surface area contributed by atoms with Gasteiger partial charge in [0.2, 0.25) is 0 Å². The van der Waals surface area contributed by atoms with Crippen molar-refractivity contribution in [3.8, 4) is 0 Å². The summed E-state index contributed by atoms with van der Waals surface area (Å²) >= 11 is 1.07. The Morgan fingerprint density at radius 1 is 1.53 bits per heavy atom. The Morgan fingerprint density at radius 2 is 2.29 bits per heavy atom. The number of nitrogens with one attached hydrogen (secondary N) is 1. The highest BCUT2D eigenvalue weighted by atomic mass is 32.1. The van der Waals surface area contributed by atoms with Crippen LogP contribution in [0.3, 0.4) is 0 Å². The number of carbonyl (C=O) groups excluding carboxylic acids is 2. The molecule has 2 heterocycles. The monoisotopic (exact) mass is 253 g/mol. The normalized spacial score (nSPS) is 10.2. The van der Waals surface area contributed by atoms with Gasteiger partial charge in [0.25, 0.3) is 5.91 Å². The van der Waals surface area contributed by atoms with Crippen LogP contribution in [0, 0.1) is 6.92 Å². The summed E-state index contributed by atoms with van der Waals surface area (Å²) in [7, 11) is 0. The molecule has 0 aliphatic rings. The Balaban J connectivity index is 2.18. The molecule has 0 aliphatic heterocycles. The molecule has 0 aromatic carbocycles. The van der Waals surface area contributed by atoms with Crippen molar-refractivity contribution in [2.24, 2.45) is 5.73 Å². The lowest BCUT2D eigenvalue weighted by atomic mass is 10.4. The van der Waals surface area contributed by atoms with Crippen LogP contribution in [0.4, 0.5) is 5.00 Å². The predicted octanol–water partition coefficient (Wildman–Crippen LogP) is 0.186. The van der Waals surface area contributed by atoms with E-state index in [0.717, 1.165) is 11.3 Å². The molecule has 2 aromatic rings. The van der Waals surface area contributed by atoms with Gasteiger partial charge in [-0.15, -0.1) is 11.3 Å². The third-order valence-electron chi connectivity index (χ3n) is 1.75. The summed E-state index contributed by atoms with van der Waals surface area (Å²) in [5.41, 5.74) is 6.48. The molecule has 2 rings (SSSR count). The fourth-order valence-corrected chi connectivity index (χ4v) is 1.74. The van der Waals surface area contributed by atoms with Gasteiger partial charge in [0.15, 0.2) is 11.5 Å². The minimum absolute atomic E-state index is 0.000382. The van der Waals surface area contributed by atoms with Crippen molar-refractivity contribution in [2.75, 3.05) is 5.32 Å². The van der Waals surface area contributed by atoms with Crippen molar-refractivity contribution < 1.29 is 14.1 Å². The fourth-order valence-electron chi connectivity index (χ4n) is 1.06. The van der Waals surface area contributed by atoms with E-state index in [1.165, 1.54) is 5.51 Å². The molecule has 2 amide bonds. The van der Waals surface area contributed by atoms with E-state index in [-0.39, 0.29) is 16.6 Å².